The van der Waals surface area contributed by atoms with Crippen LogP contribution in [0.4, 0.5) is 0 Å². The number of rotatable bonds is 7. The van der Waals surface area contributed by atoms with Crippen LogP contribution in [-0.4, -0.2) is 43.3 Å². The monoisotopic (exact) mass is 418 g/mol. The maximum Gasteiger partial charge on any atom is 0.251 e. The molecule has 0 heterocycles. The van der Waals surface area contributed by atoms with Gasteiger partial charge in [0.15, 0.2) is 0 Å². The molecule has 3 aliphatic rings. The van der Waals surface area contributed by atoms with Crippen molar-refractivity contribution in [2.45, 2.75) is 58.5 Å². The topological polar surface area (TPSA) is 83.6 Å². The second kappa shape index (κ2) is 6.91. The molecular formula is C22H30N2O4S. The first kappa shape index (κ1) is 20.5. The van der Waals surface area contributed by atoms with Gasteiger partial charge in [-0.05, 0) is 54.7 Å². The number of carbonyl (C=O) groups is 2. The molecule has 0 radical (unpaired) electrons. The van der Waals surface area contributed by atoms with Gasteiger partial charge in [-0.15, -0.1) is 0 Å². The molecule has 2 bridgehead atoms. The zero-order valence-corrected chi connectivity index (χ0v) is 18.2. The third kappa shape index (κ3) is 3.32. The van der Waals surface area contributed by atoms with Gasteiger partial charge in [-0.3, -0.25) is 9.59 Å². The molecule has 3 saturated carbocycles. The summed E-state index contributed by atoms with van der Waals surface area (Å²) in [6.07, 6.45) is 3.87. The number of Topliss-reactive ketones (excluding diaryl/α,β-unsaturated/α-hetero) is 1. The molecule has 3 fully saturated rings. The third-order valence-electron chi connectivity index (χ3n) is 7.66. The second-order valence-electron chi connectivity index (χ2n) is 9.48. The number of hydrogen-bond donors (Lipinski definition) is 1. The molecule has 0 saturated heterocycles. The summed E-state index contributed by atoms with van der Waals surface area (Å²) in [5.41, 5.74) is 0.395. The summed E-state index contributed by atoms with van der Waals surface area (Å²) in [6.45, 7) is 4.43. The lowest BCUT2D eigenvalue weighted by Gasteiger charge is -2.37. The Morgan fingerprint density at radius 1 is 1.17 bits per heavy atom. The van der Waals surface area contributed by atoms with Crippen molar-refractivity contribution in [1.82, 2.24) is 9.62 Å². The molecule has 0 spiro atoms. The van der Waals surface area contributed by atoms with Crippen LogP contribution in [0.3, 0.4) is 0 Å². The Morgan fingerprint density at radius 2 is 1.83 bits per heavy atom. The van der Waals surface area contributed by atoms with Gasteiger partial charge < -0.3 is 5.32 Å². The molecule has 4 rings (SSSR count). The van der Waals surface area contributed by atoms with Crippen LogP contribution in [-0.2, 0) is 21.4 Å². The van der Waals surface area contributed by atoms with Crippen LogP contribution in [0.5, 0.6) is 0 Å². The van der Waals surface area contributed by atoms with Crippen molar-refractivity contribution in [3.05, 3.63) is 35.4 Å². The van der Waals surface area contributed by atoms with Gasteiger partial charge in [-0.1, -0.05) is 26.0 Å². The maximum atomic E-state index is 13.5. The van der Waals surface area contributed by atoms with E-state index in [1.807, 2.05) is 12.1 Å². The van der Waals surface area contributed by atoms with Crippen molar-refractivity contribution in [1.29, 1.82) is 0 Å². The Bertz CT molecular complexity index is 934. The molecule has 0 unspecified atom stereocenters. The van der Waals surface area contributed by atoms with E-state index in [-0.39, 0.29) is 35.4 Å². The van der Waals surface area contributed by atoms with Crippen LogP contribution >= 0.6 is 0 Å². The van der Waals surface area contributed by atoms with Gasteiger partial charge in [0.05, 0.1) is 5.75 Å². The van der Waals surface area contributed by atoms with Gasteiger partial charge in [0.2, 0.25) is 10.0 Å². The molecule has 7 heteroatoms. The zero-order chi connectivity index (χ0) is 21.0. The summed E-state index contributed by atoms with van der Waals surface area (Å²) in [7, 11) is -2.01. The predicted octanol–water partition coefficient (Wildman–Crippen LogP) is 2.74. The average molecular weight is 419 g/mol. The summed E-state index contributed by atoms with van der Waals surface area (Å²) < 4.78 is 28.6. The molecule has 158 valence electrons. The summed E-state index contributed by atoms with van der Waals surface area (Å²) in [5.74, 6) is 0.194. The van der Waals surface area contributed by atoms with E-state index in [1.54, 1.807) is 23.5 Å². The van der Waals surface area contributed by atoms with Gasteiger partial charge in [0.1, 0.15) is 5.78 Å². The summed E-state index contributed by atoms with van der Waals surface area (Å²) in [6, 6.07) is 7.08. The van der Waals surface area contributed by atoms with E-state index in [2.05, 4.69) is 19.2 Å². The number of fused-ring (bicyclic) bond motifs is 2. The molecule has 0 aliphatic heterocycles. The Labute approximate surface area is 173 Å². The summed E-state index contributed by atoms with van der Waals surface area (Å²) >= 11 is 0. The Hall–Kier alpha value is -1.73. The van der Waals surface area contributed by atoms with E-state index >= 15 is 0 Å². The van der Waals surface area contributed by atoms with Crippen molar-refractivity contribution in [2.75, 3.05) is 12.8 Å². The Morgan fingerprint density at radius 3 is 2.31 bits per heavy atom. The zero-order valence-electron chi connectivity index (χ0n) is 17.4. The fourth-order valence-corrected chi connectivity index (χ4v) is 7.88. The van der Waals surface area contributed by atoms with E-state index in [9.17, 15) is 18.0 Å². The lowest BCUT2D eigenvalue weighted by atomic mass is 9.70. The number of benzene rings is 1. The lowest BCUT2D eigenvalue weighted by molar-refractivity contribution is -0.128. The highest BCUT2D eigenvalue weighted by molar-refractivity contribution is 7.89. The van der Waals surface area contributed by atoms with E-state index in [0.29, 0.717) is 24.3 Å². The smallest absolute Gasteiger partial charge is 0.251 e. The van der Waals surface area contributed by atoms with Crippen molar-refractivity contribution >= 4 is 21.7 Å². The highest BCUT2D eigenvalue weighted by Crippen LogP contribution is 2.64. The minimum atomic E-state index is -3.59. The van der Waals surface area contributed by atoms with Crippen LogP contribution in [0.25, 0.3) is 0 Å². The summed E-state index contributed by atoms with van der Waals surface area (Å²) in [4.78, 5) is 24.6. The first-order valence-electron chi connectivity index (χ1n) is 10.4. The number of nitrogens with one attached hydrogen (secondary N) is 1. The standard InChI is InChI=1S/C22H30N2O4S/c1-21(2)17-10-11-22(21,19(25)12-17)14-29(27,28)24(18-8-9-18)13-15-4-6-16(7-5-15)20(26)23-3/h4-7,17-18H,8-14H2,1-3H3,(H,23,26)/t17-,22-/m0/s1. The Kier molecular flexibility index (Phi) is 4.89. The number of amides is 1. The number of sulfonamides is 1. The molecular weight excluding hydrogens is 388 g/mol. The normalized spacial score (nSPS) is 28.1. The van der Waals surface area contributed by atoms with Crippen molar-refractivity contribution in [3.8, 4) is 0 Å². The largest absolute Gasteiger partial charge is 0.355 e. The second-order valence-corrected chi connectivity index (χ2v) is 11.4. The highest BCUT2D eigenvalue weighted by atomic mass is 32.2. The lowest BCUT2D eigenvalue weighted by Crippen LogP contribution is -2.47. The third-order valence-corrected chi connectivity index (χ3v) is 9.66. The quantitative estimate of drug-likeness (QED) is 0.738. The van der Waals surface area contributed by atoms with Gasteiger partial charge in [0, 0.05) is 37.0 Å². The first-order valence-corrected chi connectivity index (χ1v) is 12.1. The van der Waals surface area contributed by atoms with Gasteiger partial charge >= 0.3 is 0 Å². The van der Waals surface area contributed by atoms with Crippen LogP contribution in [0.1, 0.15) is 61.9 Å². The molecule has 1 aromatic rings. The fourth-order valence-electron chi connectivity index (χ4n) is 5.41. The number of carbonyl (C=O) groups excluding carboxylic acids is 2. The molecule has 1 amide bonds. The van der Waals surface area contributed by atoms with Gasteiger partial charge in [0.25, 0.3) is 5.91 Å². The predicted molar refractivity (Wildman–Crippen MR) is 111 cm³/mol. The van der Waals surface area contributed by atoms with Crippen LogP contribution in [0.15, 0.2) is 24.3 Å². The molecule has 1 aromatic carbocycles. The number of hydrogen-bond acceptors (Lipinski definition) is 4. The van der Waals surface area contributed by atoms with E-state index in [4.69, 9.17) is 0 Å². The highest BCUT2D eigenvalue weighted by Gasteiger charge is 2.65. The fraction of sp³-hybridized carbons (Fsp3) is 0.636. The molecule has 29 heavy (non-hydrogen) atoms. The maximum absolute atomic E-state index is 13.5. The van der Waals surface area contributed by atoms with Crippen LogP contribution in [0.2, 0.25) is 0 Å². The Balaban J connectivity index is 1.57. The summed E-state index contributed by atoms with van der Waals surface area (Å²) in [5, 5.41) is 2.58. The van der Waals surface area contributed by atoms with Gasteiger partial charge in [-0.25, -0.2) is 8.42 Å². The molecule has 0 aromatic heterocycles. The number of ketones is 1. The minimum Gasteiger partial charge on any atom is -0.355 e. The SMILES string of the molecule is CNC(=O)c1ccc(CN(C2CC2)S(=O)(=O)C[C@@]23CC[C@@H](CC2=O)C3(C)C)cc1. The van der Waals surface area contributed by atoms with E-state index in [1.165, 1.54) is 0 Å². The van der Waals surface area contributed by atoms with Crippen LogP contribution in [0, 0.1) is 16.7 Å². The number of nitrogens with zero attached hydrogens (tertiary/aromatic N) is 1. The van der Waals surface area contributed by atoms with Crippen molar-refractivity contribution in [2.24, 2.45) is 16.7 Å². The van der Waals surface area contributed by atoms with E-state index < -0.39 is 15.4 Å². The molecule has 2 atom stereocenters. The van der Waals surface area contributed by atoms with Gasteiger partial charge in [-0.2, -0.15) is 4.31 Å². The molecule has 1 N–H and O–H groups in total. The molecule has 3 aliphatic carbocycles. The van der Waals surface area contributed by atoms with Crippen molar-refractivity contribution in [3.63, 3.8) is 0 Å². The first-order chi connectivity index (χ1) is 13.6. The van der Waals surface area contributed by atoms with Crippen molar-refractivity contribution < 1.29 is 18.0 Å². The molecule has 6 nitrogen and oxygen atoms in total. The average Bonchev–Trinajstić information content (AvgIpc) is 3.46. The minimum absolute atomic E-state index is 0.0202. The van der Waals surface area contributed by atoms with E-state index in [0.717, 1.165) is 24.8 Å². The van der Waals surface area contributed by atoms with Crippen LogP contribution < -0.4 is 5.32 Å².